The van der Waals surface area contributed by atoms with Crippen molar-refractivity contribution in [3.8, 4) is 11.5 Å². The fourth-order valence-electron chi connectivity index (χ4n) is 2.54. The molecule has 1 N–H and O–H groups in total. The van der Waals surface area contributed by atoms with E-state index in [1.165, 1.54) is 25.6 Å². The molecule has 1 heterocycles. The van der Waals surface area contributed by atoms with Crippen LogP contribution in [0.15, 0.2) is 41.3 Å². The first-order valence-corrected chi connectivity index (χ1v) is 10.4. The summed E-state index contributed by atoms with van der Waals surface area (Å²) in [6.45, 7) is 1.96. The smallest absolute Gasteiger partial charge is 0.243 e. The van der Waals surface area contributed by atoms with Gasteiger partial charge in [-0.3, -0.25) is 0 Å². The topological polar surface area (TPSA) is 77.5 Å². The summed E-state index contributed by atoms with van der Waals surface area (Å²) >= 11 is 1.51. The number of hydrogen-bond acceptors (Lipinski definition) is 6. The van der Waals surface area contributed by atoms with E-state index in [-0.39, 0.29) is 24.0 Å². The van der Waals surface area contributed by atoms with Gasteiger partial charge in [0.25, 0.3) is 0 Å². The predicted octanol–water partition coefficient (Wildman–Crippen LogP) is 3.53. The minimum atomic E-state index is -4.07. The maximum Gasteiger partial charge on any atom is 0.243 e. The van der Waals surface area contributed by atoms with Gasteiger partial charge >= 0.3 is 0 Å². The molecule has 0 aliphatic rings. The number of nitrogens with one attached hydrogen (secondary N) is 1. The average molecular weight is 410 g/mol. The van der Waals surface area contributed by atoms with Gasteiger partial charge in [0.05, 0.1) is 29.4 Å². The Morgan fingerprint density at radius 3 is 2.52 bits per heavy atom. The van der Waals surface area contributed by atoms with E-state index in [2.05, 4.69) is 9.71 Å². The van der Waals surface area contributed by atoms with Crippen molar-refractivity contribution in [3.63, 3.8) is 0 Å². The van der Waals surface area contributed by atoms with Gasteiger partial charge in [-0.25, -0.2) is 22.5 Å². The number of sulfonamides is 1. The van der Waals surface area contributed by atoms with E-state index in [0.717, 1.165) is 27.4 Å². The lowest BCUT2D eigenvalue weighted by Gasteiger charge is -2.14. The molecule has 0 radical (unpaired) electrons. The van der Waals surface area contributed by atoms with Crippen LogP contribution in [0.1, 0.15) is 17.8 Å². The van der Waals surface area contributed by atoms with E-state index in [4.69, 9.17) is 9.47 Å². The van der Waals surface area contributed by atoms with Crippen LogP contribution < -0.4 is 14.2 Å². The SMILES string of the molecule is COc1cc(F)c(S(=O)(=O)NC[C@@H](C)c2nc3ccccc3s2)cc1OC. The molecular weight excluding hydrogens is 391 g/mol. The van der Waals surface area contributed by atoms with Crippen LogP contribution in [-0.2, 0) is 10.0 Å². The van der Waals surface area contributed by atoms with Crippen molar-refractivity contribution in [2.45, 2.75) is 17.7 Å². The Balaban J connectivity index is 1.80. The second kappa shape index (κ2) is 7.79. The zero-order valence-corrected chi connectivity index (χ0v) is 16.7. The molecule has 0 fully saturated rings. The van der Waals surface area contributed by atoms with E-state index >= 15 is 0 Å². The second-order valence-electron chi connectivity index (χ2n) is 5.91. The molecule has 0 unspecified atom stereocenters. The number of aromatic nitrogens is 1. The molecule has 0 spiro atoms. The number of thiazole rings is 1. The highest BCUT2D eigenvalue weighted by atomic mass is 32.2. The van der Waals surface area contributed by atoms with Gasteiger partial charge in [-0.2, -0.15) is 0 Å². The largest absolute Gasteiger partial charge is 0.493 e. The Labute approximate surface area is 161 Å². The van der Waals surface area contributed by atoms with Crippen molar-refractivity contribution in [2.75, 3.05) is 20.8 Å². The molecule has 1 atom stereocenters. The van der Waals surface area contributed by atoms with E-state index in [1.54, 1.807) is 0 Å². The Morgan fingerprint density at radius 2 is 1.85 bits per heavy atom. The number of benzene rings is 2. The Hall–Kier alpha value is -2.23. The molecule has 6 nitrogen and oxygen atoms in total. The molecular formula is C18H19FN2O4S2. The van der Waals surface area contributed by atoms with Crippen LogP contribution in [0.4, 0.5) is 4.39 Å². The van der Waals surface area contributed by atoms with Crippen LogP contribution in [0, 0.1) is 5.82 Å². The van der Waals surface area contributed by atoms with E-state index in [9.17, 15) is 12.8 Å². The Bertz CT molecular complexity index is 1030. The van der Waals surface area contributed by atoms with E-state index < -0.39 is 20.7 Å². The Morgan fingerprint density at radius 1 is 1.19 bits per heavy atom. The van der Waals surface area contributed by atoms with Gasteiger partial charge in [0.1, 0.15) is 10.7 Å². The van der Waals surface area contributed by atoms with Crippen molar-refractivity contribution >= 4 is 31.6 Å². The summed E-state index contributed by atoms with van der Waals surface area (Å²) in [7, 11) is -1.36. The zero-order chi connectivity index (χ0) is 19.6. The third-order valence-electron chi connectivity index (χ3n) is 4.04. The molecule has 1 aromatic heterocycles. The summed E-state index contributed by atoms with van der Waals surface area (Å²) in [6, 6.07) is 9.80. The van der Waals surface area contributed by atoms with Gasteiger partial charge in [-0.05, 0) is 12.1 Å². The maximum atomic E-state index is 14.3. The minimum absolute atomic E-state index is 0.0932. The number of hydrogen-bond donors (Lipinski definition) is 1. The standard InChI is InChI=1S/C18H19FN2O4S2/c1-11(18-21-13-6-4-5-7-16(13)26-18)10-20-27(22,23)17-9-15(25-3)14(24-2)8-12(17)19/h4-9,11,20H,10H2,1-3H3/t11-/m1/s1. The molecule has 0 saturated carbocycles. The number of fused-ring (bicyclic) bond motifs is 1. The van der Waals surface area contributed by atoms with Crippen LogP contribution in [0.25, 0.3) is 10.2 Å². The zero-order valence-electron chi connectivity index (χ0n) is 15.0. The highest BCUT2D eigenvalue weighted by molar-refractivity contribution is 7.89. The van der Waals surface area contributed by atoms with Crippen LogP contribution >= 0.6 is 11.3 Å². The van der Waals surface area contributed by atoms with Crippen LogP contribution in [-0.4, -0.2) is 34.2 Å². The van der Waals surface area contributed by atoms with Crippen LogP contribution in [0.3, 0.4) is 0 Å². The number of ether oxygens (including phenoxy) is 2. The summed E-state index contributed by atoms with van der Waals surface area (Å²) in [6.07, 6.45) is 0. The number of halogens is 1. The summed E-state index contributed by atoms with van der Waals surface area (Å²) in [5.41, 5.74) is 0.873. The van der Waals surface area contributed by atoms with Crippen LogP contribution in [0.5, 0.6) is 11.5 Å². The van der Waals surface area contributed by atoms with Gasteiger partial charge in [0.15, 0.2) is 11.5 Å². The highest BCUT2D eigenvalue weighted by Crippen LogP contribution is 2.32. The second-order valence-corrected chi connectivity index (χ2v) is 8.71. The molecule has 0 amide bonds. The molecule has 0 saturated heterocycles. The number of rotatable bonds is 7. The molecule has 0 bridgehead atoms. The van der Waals surface area contributed by atoms with Crippen molar-refractivity contribution in [1.29, 1.82) is 0 Å². The lowest BCUT2D eigenvalue weighted by molar-refractivity contribution is 0.350. The van der Waals surface area contributed by atoms with Crippen molar-refractivity contribution < 1.29 is 22.3 Å². The summed E-state index contributed by atoms with van der Waals surface area (Å²) in [5.74, 6) is -0.816. The molecule has 144 valence electrons. The predicted molar refractivity (Wildman–Crippen MR) is 103 cm³/mol. The third kappa shape index (κ3) is 4.05. The molecule has 0 aliphatic carbocycles. The lowest BCUT2D eigenvalue weighted by Crippen LogP contribution is -2.28. The molecule has 0 aliphatic heterocycles. The van der Waals surface area contributed by atoms with Gasteiger partial charge in [-0.15, -0.1) is 11.3 Å². The average Bonchev–Trinajstić information content (AvgIpc) is 3.10. The van der Waals surface area contributed by atoms with Gasteiger partial charge < -0.3 is 9.47 Å². The first-order valence-electron chi connectivity index (χ1n) is 8.12. The summed E-state index contributed by atoms with van der Waals surface area (Å²) < 4.78 is 52.9. The summed E-state index contributed by atoms with van der Waals surface area (Å²) in [4.78, 5) is 4.04. The summed E-state index contributed by atoms with van der Waals surface area (Å²) in [5, 5.41) is 0.812. The normalized spacial score (nSPS) is 12.9. The van der Waals surface area contributed by atoms with Crippen molar-refractivity contribution in [2.24, 2.45) is 0 Å². The number of nitrogens with zero attached hydrogens (tertiary/aromatic N) is 1. The van der Waals surface area contributed by atoms with Crippen molar-refractivity contribution in [1.82, 2.24) is 9.71 Å². The Kier molecular flexibility index (Phi) is 5.64. The molecule has 27 heavy (non-hydrogen) atoms. The monoisotopic (exact) mass is 410 g/mol. The molecule has 3 aromatic rings. The lowest BCUT2D eigenvalue weighted by atomic mass is 10.2. The highest BCUT2D eigenvalue weighted by Gasteiger charge is 2.24. The van der Waals surface area contributed by atoms with Gasteiger partial charge in [-0.1, -0.05) is 19.1 Å². The molecule has 9 heteroatoms. The number of para-hydroxylation sites is 1. The van der Waals surface area contributed by atoms with Gasteiger partial charge in [0, 0.05) is 24.6 Å². The van der Waals surface area contributed by atoms with E-state index in [0.29, 0.717) is 0 Å². The molecule has 3 rings (SSSR count). The number of methoxy groups -OCH3 is 2. The fraction of sp³-hybridized carbons (Fsp3) is 0.278. The fourth-order valence-corrected chi connectivity index (χ4v) is 4.76. The minimum Gasteiger partial charge on any atom is -0.493 e. The quantitative estimate of drug-likeness (QED) is 0.645. The van der Waals surface area contributed by atoms with E-state index in [1.807, 2.05) is 31.2 Å². The first kappa shape index (κ1) is 19.5. The van der Waals surface area contributed by atoms with Crippen molar-refractivity contribution in [3.05, 3.63) is 47.2 Å². The third-order valence-corrected chi connectivity index (χ3v) is 6.75. The van der Waals surface area contributed by atoms with Crippen LogP contribution in [0.2, 0.25) is 0 Å². The van der Waals surface area contributed by atoms with Gasteiger partial charge in [0.2, 0.25) is 10.0 Å². The molecule has 2 aromatic carbocycles. The maximum absolute atomic E-state index is 14.3. The first-order chi connectivity index (χ1) is 12.9.